The molecule has 1 aromatic carbocycles. The van der Waals surface area contributed by atoms with E-state index in [1.165, 1.54) is 0 Å². The van der Waals surface area contributed by atoms with Crippen molar-refractivity contribution in [3.8, 4) is 11.4 Å². The van der Waals surface area contributed by atoms with Gasteiger partial charge in [0, 0.05) is 37.5 Å². The molecule has 1 saturated heterocycles. The fourth-order valence-electron chi connectivity index (χ4n) is 3.21. The third-order valence-corrected chi connectivity index (χ3v) is 6.46. The Bertz CT molecular complexity index is 973. The quantitative estimate of drug-likeness (QED) is 0.744. The average molecular weight is 369 g/mol. The highest BCUT2D eigenvalue weighted by molar-refractivity contribution is 7.89. The van der Waals surface area contributed by atoms with Gasteiger partial charge in [-0.1, -0.05) is 18.2 Å². The molecule has 1 unspecified atom stereocenters. The van der Waals surface area contributed by atoms with E-state index < -0.39 is 10.0 Å². The minimum atomic E-state index is -3.42. The Kier molecular flexibility index (Phi) is 4.52. The zero-order chi connectivity index (χ0) is 18.0. The first-order valence-corrected chi connectivity index (χ1v) is 9.94. The summed E-state index contributed by atoms with van der Waals surface area (Å²) in [5.74, 6) is 1.64. The molecule has 3 aromatic rings. The summed E-state index contributed by atoms with van der Waals surface area (Å²) in [7, 11) is -3.42. The number of rotatable bonds is 5. The van der Waals surface area contributed by atoms with Crippen LogP contribution in [0.25, 0.3) is 11.4 Å². The average Bonchev–Trinajstić information content (AvgIpc) is 3.34. The molecule has 1 N–H and O–H groups in total. The molecule has 4 rings (SSSR count). The van der Waals surface area contributed by atoms with Crippen LogP contribution >= 0.6 is 0 Å². The smallest absolute Gasteiger partial charge is 0.243 e. The largest absolute Gasteiger partial charge is 0.265 e. The summed E-state index contributed by atoms with van der Waals surface area (Å²) >= 11 is 0. The lowest BCUT2D eigenvalue weighted by molar-refractivity contribution is 0.453. The Hall–Kier alpha value is -2.58. The van der Waals surface area contributed by atoms with Crippen LogP contribution in [0.3, 0.4) is 0 Å². The lowest BCUT2D eigenvalue weighted by Gasteiger charge is -2.16. The molecule has 0 bridgehead atoms. The van der Waals surface area contributed by atoms with Gasteiger partial charge < -0.3 is 0 Å². The maximum absolute atomic E-state index is 12.7. The van der Waals surface area contributed by atoms with Crippen molar-refractivity contribution in [3.05, 3.63) is 60.7 Å². The number of aromatic nitrogens is 4. The topological polar surface area (TPSA) is 91.8 Å². The molecule has 1 fully saturated rings. The van der Waals surface area contributed by atoms with E-state index in [0.29, 0.717) is 30.2 Å². The maximum Gasteiger partial charge on any atom is 0.243 e. The van der Waals surface area contributed by atoms with Crippen molar-refractivity contribution in [2.75, 3.05) is 13.1 Å². The fraction of sp³-hybridized carbons (Fsp3) is 0.278. The van der Waals surface area contributed by atoms with Gasteiger partial charge in [-0.2, -0.15) is 9.40 Å². The lowest BCUT2D eigenvalue weighted by Crippen LogP contribution is -2.29. The van der Waals surface area contributed by atoms with Crippen LogP contribution in [0.4, 0.5) is 0 Å². The summed E-state index contributed by atoms with van der Waals surface area (Å²) in [6.45, 7) is 1.04. The molecule has 26 heavy (non-hydrogen) atoms. The monoisotopic (exact) mass is 369 g/mol. The molecule has 0 saturated carbocycles. The Labute approximate surface area is 152 Å². The Morgan fingerprint density at radius 2 is 1.88 bits per heavy atom. The molecule has 0 aliphatic carbocycles. The van der Waals surface area contributed by atoms with Crippen molar-refractivity contribution < 1.29 is 8.42 Å². The van der Waals surface area contributed by atoms with E-state index in [0.717, 1.165) is 17.8 Å². The van der Waals surface area contributed by atoms with Gasteiger partial charge >= 0.3 is 0 Å². The SMILES string of the molecule is O=S(=O)(c1ccccc1)N1CCC(Cc2nc(-c3ccncc3)n[nH]2)C1. The number of hydrogen-bond acceptors (Lipinski definition) is 5. The summed E-state index contributed by atoms with van der Waals surface area (Å²) in [5, 5.41) is 7.22. The summed E-state index contributed by atoms with van der Waals surface area (Å²) in [6.07, 6.45) is 4.90. The van der Waals surface area contributed by atoms with Crippen molar-refractivity contribution in [2.24, 2.45) is 5.92 Å². The normalized spacial score (nSPS) is 18.2. The van der Waals surface area contributed by atoms with E-state index in [4.69, 9.17) is 0 Å². The van der Waals surface area contributed by atoms with Gasteiger partial charge in [0.15, 0.2) is 5.82 Å². The van der Waals surface area contributed by atoms with Crippen LogP contribution in [-0.4, -0.2) is 46.0 Å². The first kappa shape index (κ1) is 16.9. The first-order valence-electron chi connectivity index (χ1n) is 8.50. The lowest BCUT2D eigenvalue weighted by atomic mass is 10.1. The maximum atomic E-state index is 12.7. The minimum absolute atomic E-state index is 0.228. The van der Waals surface area contributed by atoms with Crippen molar-refractivity contribution in [2.45, 2.75) is 17.7 Å². The zero-order valence-corrected chi connectivity index (χ0v) is 14.9. The Morgan fingerprint density at radius 3 is 2.65 bits per heavy atom. The highest BCUT2D eigenvalue weighted by Gasteiger charge is 2.32. The molecule has 8 heteroatoms. The highest BCUT2D eigenvalue weighted by atomic mass is 32.2. The van der Waals surface area contributed by atoms with Crippen LogP contribution in [-0.2, 0) is 16.4 Å². The molecule has 134 valence electrons. The van der Waals surface area contributed by atoms with E-state index in [-0.39, 0.29) is 5.92 Å². The molecule has 7 nitrogen and oxygen atoms in total. The van der Waals surface area contributed by atoms with Gasteiger partial charge in [0.25, 0.3) is 0 Å². The van der Waals surface area contributed by atoms with Crippen molar-refractivity contribution in [3.63, 3.8) is 0 Å². The highest BCUT2D eigenvalue weighted by Crippen LogP contribution is 2.26. The number of pyridine rings is 1. The third kappa shape index (κ3) is 3.38. The van der Waals surface area contributed by atoms with Crippen LogP contribution in [0.2, 0.25) is 0 Å². The molecule has 0 spiro atoms. The molecule has 2 aromatic heterocycles. The molecule has 1 atom stereocenters. The predicted molar refractivity (Wildman–Crippen MR) is 96.6 cm³/mol. The fourth-order valence-corrected chi connectivity index (χ4v) is 4.77. The van der Waals surface area contributed by atoms with Crippen LogP contribution in [0.15, 0.2) is 59.8 Å². The molecule has 1 aliphatic rings. The number of H-pyrrole nitrogens is 1. The minimum Gasteiger partial charge on any atom is -0.265 e. The molecule has 0 radical (unpaired) electrons. The van der Waals surface area contributed by atoms with Crippen LogP contribution in [0, 0.1) is 5.92 Å². The standard InChI is InChI=1S/C18H19N5O2S/c24-26(25,16-4-2-1-3-5-16)23-11-8-14(13-23)12-17-20-18(22-21-17)15-6-9-19-10-7-15/h1-7,9-10,14H,8,11-13H2,(H,20,21,22). The van der Waals surface area contributed by atoms with E-state index in [2.05, 4.69) is 20.2 Å². The molecular weight excluding hydrogens is 350 g/mol. The number of benzene rings is 1. The second kappa shape index (κ2) is 6.97. The number of hydrogen-bond donors (Lipinski definition) is 1. The van der Waals surface area contributed by atoms with Gasteiger partial charge in [-0.05, 0) is 36.6 Å². The summed E-state index contributed by atoms with van der Waals surface area (Å²) < 4.78 is 27.0. The summed E-state index contributed by atoms with van der Waals surface area (Å²) in [4.78, 5) is 8.86. The van der Waals surface area contributed by atoms with Crippen LogP contribution in [0.1, 0.15) is 12.2 Å². The number of aromatic amines is 1. The van der Waals surface area contributed by atoms with Gasteiger partial charge in [0.1, 0.15) is 5.82 Å². The first-order chi connectivity index (χ1) is 12.6. The van der Waals surface area contributed by atoms with Gasteiger partial charge in [-0.15, -0.1) is 0 Å². The predicted octanol–water partition coefficient (Wildman–Crippen LogP) is 2.12. The van der Waals surface area contributed by atoms with E-state index >= 15 is 0 Å². The molecular formula is C18H19N5O2S. The number of nitrogens with zero attached hydrogens (tertiary/aromatic N) is 4. The molecule has 1 aliphatic heterocycles. The van der Waals surface area contributed by atoms with Gasteiger partial charge in [0.2, 0.25) is 10.0 Å². The van der Waals surface area contributed by atoms with Crippen LogP contribution in [0.5, 0.6) is 0 Å². The van der Waals surface area contributed by atoms with Gasteiger partial charge in [-0.3, -0.25) is 10.1 Å². The number of sulfonamides is 1. The Balaban J connectivity index is 1.43. The van der Waals surface area contributed by atoms with Crippen molar-refractivity contribution in [1.29, 1.82) is 0 Å². The molecule has 3 heterocycles. The second-order valence-electron chi connectivity index (χ2n) is 6.38. The third-order valence-electron chi connectivity index (χ3n) is 4.58. The molecule has 0 amide bonds. The number of nitrogens with one attached hydrogen (secondary N) is 1. The van der Waals surface area contributed by atoms with E-state index in [1.807, 2.05) is 18.2 Å². The summed E-state index contributed by atoms with van der Waals surface area (Å²) in [5.41, 5.74) is 0.905. The van der Waals surface area contributed by atoms with Gasteiger partial charge in [0.05, 0.1) is 4.90 Å². The summed E-state index contributed by atoms with van der Waals surface area (Å²) in [6, 6.07) is 12.3. The van der Waals surface area contributed by atoms with Crippen molar-refractivity contribution in [1.82, 2.24) is 24.5 Å². The van der Waals surface area contributed by atoms with Crippen LogP contribution < -0.4 is 0 Å². The van der Waals surface area contributed by atoms with Crippen molar-refractivity contribution >= 4 is 10.0 Å². The van der Waals surface area contributed by atoms with E-state index in [9.17, 15) is 8.42 Å². The zero-order valence-electron chi connectivity index (χ0n) is 14.1. The van der Waals surface area contributed by atoms with Gasteiger partial charge in [-0.25, -0.2) is 13.4 Å². The van der Waals surface area contributed by atoms with E-state index in [1.54, 1.807) is 41.0 Å². The second-order valence-corrected chi connectivity index (χ2v) is 8.31. The Morgan fingerprint density at radius 1 is 1.12 bits per heavy atom.